The van der Waals surface area contributed by atoms with E-state index in [4.69, 9.17) is 0 Å². The highest BCUT2D eigenvalue weighted by Gasteiger charge is 2.21. The van der Waals surface area contributed by atoms with Crippen LogP contribution in [0.1, 0.15) is 56.1 Å². The molecule has 1 fully saturated rings. The van der Waals surface area contributed by atoms with E-state index in [2.05, 4.69) is 6.92 Å². The van der Waals surface area contributed by atoms with Crippen molar-refractivity contribution in [1.29, 1.82) is 0 Å². The van der Waals surface area contributed by atoms with E-state index in [9.17, 15) is 8.78 Å². The van der Waals surface area contributed by atoms with Gasteiger partial charge in [-0.3, -0.25) is 0 Å². The van der Waals surface area contributed by atoms with Crippen LogP contribution >= 0.6 is 0 Å². The first-order valence-corrected chi connectivity index (χ1v) is 7.28. The molecule has 2 heteroatoms. The predicted octanol–water partition coefficient (Wildman–Crippen LogP) is 5.54. The van der Waals surface area contributed by atoms with Gasteiger partial charge in [-0.1, -0.05) is 31.6 Å². The molecular formula is C17H22F2. The summed E-state index contributed by atoms with van der Waals surface area (Å²) >= 11 is 0. The monoisotopic (exact) mass is 264 g/mol. The summed E-state index contributed by atoms with van der Waals surface area (Å²) in [6, 6.07) is 5.47. The fourth-order valence-electron chi connectivity index (χ4n) is 3.06. The first kappa shape index (κ1) is 14.2. The number of hydrogen-bond acceptors (Lipinski definition) is 0. The van der Waals surface area contributed by atoms with Crippen molar-refractivity contribution < 1.29 is 8.78 Å². The van der Waals surface area contributed by atoms with Gasteiger partial charge >= 0.3 is 0 Å². The van der Waals surface area contributed by atoms with Gasteiger partial charge in [-0.15, -0.1) is 0 Å². The first-order chi connectivity index (χ1) is 9.24. The maximum Gasteiger partial charge on any atom is 0.126 e. The zero-order valence-electron chi connectivity index (χ0n) is 11.5. The fraction of sp³-hybridized carbons (Fsp3) is 0.529. The molecule has 0 N–H and O–H groups in total. The lowest BCUT2D eigenvalue weighted by atomic mass is 9.77. The van der Waals surface area contributed by atoms with Crippen LogP contribution in [0.25, 0.3) is 0 Å². The second-order valence-corrected chi connectivity index (χ2v) is 5.54. The number of hydrogen-bond donors (Lipinski definition) is 0. The predicted molar refractivity (Wildman–Crippen MR) is 75.3 cm³/mol. The number of benzene rings is 1. The maximum absolute atomic E-state index is 13.9. The third-order valence-electron chi connectivity index (χ3n) is 4.40. The molecule has 0 nitrogen and oxygen atoms in total. The van der Waals surface area contributed by atoms with Gasteiger partial charge in [0.1, 0.15) is 5.82 Å². The van der Waals surface area contributed by atoms with Gasteiger partial charge in [-0.05, 0) is 61.1 Å². The van der Waals surface area contributed by atoms with Gasteiger partial charge in [-0.25, -0.2) is 8.78 Å². The van der Waals surface area contributed by atoms with E-state index >= 15 is 0 Å². The van der Waals surface area contributed by atoms with Crippen LogP contribution in [-0.4, -0.2) is 0 Å². The summed E-state index contributed by atoms with van der Waals surface area (Å²) < 4.78 is 25.9. The normalized spacial score (nSPS) is 23.9. The fourth-order valence-corrected chi connectivity index (χ4v) is 3.06. The Morgan fingerprint density at radius 2 is 1.95 bits per heavy atom. The third-order valence-corrected chi connectivity index (χ3v) is 4.40. The van der Waals surface area contributed by atoms with Gasteiger partial charge in [0.15, 0.2) is 0 Å². The topological polar surface area (TPSA) is 0 Å². The molecule has 0 radical (unpaired) electrons. The average molecular weight is 264 g/mol. The molecule has 0 bridgehead atoms. The Balaban J connectivity index is 2.03. The summed E-state index contributed by atoms with van der Waals surface area (Å²) in [5.41, 5.74) is 1.68. The second-order valence-electron chi connectivity index (χ2n) is 5.54. The molecule has 104 valence electrons. The Morgan fingerprint density at radius 1 is 1.21 bits per heavy atom. The van der Waals surface area contributed by atoms with Crippen molar-refractivity contribution in [2.45, 2.75) is 51.4 Å². The molecule has 2 rings (SSSR count). The largest absolute Gasteiger partial charge is 0.216 e. The highest BCUT2D eigenvalue weighted by molar-refractivity contribution is 5.28. The van der Waals surface area contributed by atoms with Crippen molar-refractivity contribution in [3.05, 3.63) is 47.5 Å². The summed E-state index contributed by atoms with van der Waals surface area (Å²) in [6.45, 7) is 2.25. The third kappa shape index (κ3) is 3.65. The van der Waals surface area contributed by atoms with E-state index in [0.717, 1.165) is 11.5 Å². The Morgan fingerprint density at radius 3 is 2.53 bits per heavy atom. The lowest BCUT2D eigenvalue weighted by molar-refractivity contribution is 0.318. The molecule has 0 atom stereocenters. The minimum absolute atomic E-state index is 0.201. The molecule has 0 heterocycles. The lowest BCUT2D eigenvalue weighted by Gasteiger charge is -2.28. The molecule has 0 aromatic heterocycles. The lowest BCUT2D eigenvalue weighted by Crippen LogP contribution is -2.12. The summed E-state index contributed by atoms with van der Waals surface area (Å²) in [4.78, 5) is 0. The summed E-state index contributed by atoms with van der Waals surface area (Å²) in [5.74, 6) is 1.16. The molecule has 19 heavy (non-hydrogen) atoms. The van der Waals surface area contributed by atoms with Crippen LogP contribution in [0, 0.1) is 11.7 Å². The van der Waals surface area contributed by atoms with Gasteiger partial charge < -0.3 is 0 Å². The van der Waals surface area contributed by atoms with Crippen molar-refractivity contribution in [2.24, 2.45) is 5.92 Å². The van der Waals surface area contributed by atoms with Gasteiger partial charge in [0.05, 0.1) is 6.33 Å². The summed E-state index contributed by atoms with van der Waals surface area (Å²) in [5, 5.41) is 0. The maximum atomic E-state index is 13.9. The van der Waals surface area contributed by atoms with Crippen LogP contribution in [0.15, 0.2) is 30.6 Å². The van der Waals surface area contributed by atoms with E-state index in [-0.39, 0.29) is 5.82 Å². The molecule has 1 aliphatic rings. The highest BCUT2D eigenvalue weighted by atomic mass is 19.1. The molecule has 0 amide bonds. The van der Waals surface area contributed by atoms with E-state index in [1.807, 2.05) is 6.07 Å². The smallest absolute Gasteiger partial charge is 0.126 e. The van der Waals surface area contributed by atoms with Gasteiger partial charge in [0, 0.05) is 0 Å². The Labute approximate surface area is 114 Å². The van der Waals surface area contributed by atoms with E-state index < -0.39 is 0 Å². The number of halogens is 2. The second kappa shape index (κ2) is 6.83. The van der Waals surface area contributed by atoms with Crippen molar-refractivity contribution in [2.75, 3.05) is 0 Å². The van der Waals surface area contributed by atoms with Gasteiger partial charge in [0.25, 0.3) is 0 Å². The Hall–Kier alpha value is -1.18. The van der Waals surface area contributed by atoms with Crippen LogP contribution in [-0.2, 0) is 6.42 Å². The SMILES string of the molecule is CC[C@H]1CC[C@H](c2ccc(CC=CF)c(F)c2)CC1. The molecule has 0 unspecified atom stereocenters. The Kier molecular flexibility index (Phi) is 5.12. The first-order valence-electron chi connectivity index (χ1n) is 7.28. The van der Waals surface area contributed by atoms with Crippen LogP contribution in [0.4, 0.5) is 8.78 Å². The van der Waals surface area contributed by atoms with E-state index in [1.165, 1.54) is 38.2 Å². The molecule has 0 spiro atoms. The van der Waals surface area contributed by atoms with Crippen molar-refractivity contribution in [3.8, 4) is 0 Å². The molecule has 1 saturated carbocycles. The van der Waals surface area contributed by atoms with Crippen LogP contribution in [0.3, 0.4) is 0 Å². The summed E-state index contributed by atoms with van der Waals surface area (Å²) in [7, 11) is 0. The zero-order chi connectivity index (χ0) is 13.7. The summed E-state index contributed by atoms with van der Waals surface area (Å²) in [6.07, 6.45) is 8.25. The standard InChI is InChI=1S/C17H22F2/c1-2-13-5-7-14(8-6-13)16-10-9-15(4-3-11-18)17(19)12-16/h3,9-14H,2,4-8H2,1H3/t13-,14-. The number of allylic oxidation sites excluding steroid dienone is 1. The van der Waals surface area contributed by atoms with Crippen LogP contribution in [0.5, 0.6) is 0 Å². The molecule has 1 aliphatic carbocycles. The highest BCUT2D eigenvalue weighted by Crippen LogP contribution is 2.37. The van der Waals surface area contributed by atoms with Crippen LogP contribution < -0.4 is 0 Å². The van der Waals surface area contributed by atoms with Crippen molar-refractivity contribution >= 4 is 0 Å². The molecule has 1 aromatic carbocycles. The Bertz CT molecular complexity index is 429. The molecule has 0 saturated heterocycles. The van der Waals surface area contributed by atoms with Gasteiger partial charge in [0.2, 0.25) is 0 Å². The zero-order valence-corrected chi connectivity index (χ0v) is 11.5. The van der Waals surface area contributed by atoms with Gasteiger partial charge in [-0.2, -0.15) is 0 Å². The molecule has 0 aliphatic heterocycles. The molecular weight excluding hydrogens is 242 g/mol. The molecule has 1 aromatic rings. The van der Waals surface area contributed by atoms with E-state index in [1.54, 1.807) is 12.1 Å². The van der Waals surface area contributed by atoms with Crippen LogP contribution in [0.2, 0.25) is 0 Å². The van der Waals surface area contributed by atoms with Crippen molar-refractivity contribution in [3.63, 3.8) is 0 Å². The minimum atomic E-state index is -0.201. The minimum Gasteiger partial charge on any atom is -0.216 e. The van der Waals surface area contributed by atoms with E-state index in [0.29, 0.717) is 24.2 Å². The quantitative estimate of drug-likeness (QED) is 0.670. The average Bonchev–Trinajstić information content (AvgIpc) is 2.46. The van der Waals surface area contributed by atoms with Crippen molar-refractivity contribution in [1.82, 2.24) is 0 Å². The number of rotatable bonds is 4.